The molecule has 4 nitrogen and oxygen atoms in total. The van der Waals surface area contributed by atoms with Gasteiger partial charge in [0.2, 0.25) is 11.8 Å². The predicted octanol–water partition coefficient (Wildman–Crippen LogP) is 1.57. The lowest BCUT2D eigenvalue weighted by Crippen LogP contribution is -2.16. The Hall–Kier alpha value is -2.22. The lowest BCUT2D eigenvalue weighted by Gasteiger charge is -2.09. The van der Waals surface area contributed by atoms with Gasteiger partial charge in [0.15, 0.2) is 5.69 Å². The van der Waals surface area contributed by atoms with Crippen molar-refractivity contribution in [2.24, 2.45) is 0 Å². The van der Waals surface area contributed by atoms with Gasteiger partial charge in [-0.25, -0.2) is 4.98 Å². The van der Waals surface area contributed by atoms with Crippen LogP contribution in [0.1, 0.15) is 17.1 Å². The van der Waals surface area contributed by atoms with Gasteiger partial charge in [0.25, 0.3) is 0 Å². The van der Waals surface area contributed by atoms with Crippen LogP contribution in [0.5, 0.6) is 0 Å². The fraction of sp³-hybridized carbons (Fsp3) is 0.250. The first-order chi connectivity index (χ1) is 7.40. The largest absolute Gasteiger partial charge is 0.433 e. The molecule has 0 amide bonds. The quantitative estimate of drug-likeness (QED) is 0.542. The zero-order valence-electron chi connectivity index (χ0n) is 7.51. The molecule has 0 aliphatic rings. The molecule has 1 heterocycles. The normalized spacial score (nSPS) is 10.6. The average molecular weight is 230 g/mol. The maximum Gasteiger partial charge on any atom is 0.433 e. The highest BCUT2D eigenvalue weighted by Crippen LogP contribution is 2.31. The van der Waals surface area contributed by atoms with E-state index in [-0.39, 0.29) is 0 Å². The molecule has 0 unspecified atom stereocenters. The summed E-state index contributed by atoms with van der Waals surface area (Å²) in [6, 6.07) is 2.58. The molecule has 0 saturated carbocycles. The molecule has 16 heavy (non-hydrogen) atoms. The fourth-order valence-electron chi connectivity index (χ4n) is 0.977. The predicted molar refractivity (Wildman–Crippen MR) is 41.0 cm³/mol. The summed E-state index contributed by atoms with van der Waals surface area (Å²) in [6.45, 7) is 0. The zero-order valence-corrected chi connectivity index (χ0v) is 7.51. The Morgan fingerprint density at radius 3 is 2.25 bits per heavy atom. The highest BCUT2D eigenvalue weighted by atomic mass is 19.4. The summed E-state index contributed by atoms with van der Waals surface area (Å²) in [7, 11) is 0. The first kappa shape index (κ1) is 11.9. The van der Waals surface area contributed by atoms with E-state index in [2.05, 4.69) is 9.97 Å². The maximum atomic E-state index is 13.1. The monoisotopic (exact) mass is 230 g/mol. The second kappa shape index (κ2) is 4.11. The highest BCUT2D eigenvalue weighted by Gasteiger charge is 2.37. The molecule has 0 aliphatic heterocycles. The summed E-state index contributed by atoms with van der Waals surface area (Å²) in [5.41, 5.74) is -2.54. The highest BCUT2D eigenvalue weighted by molar-refractivity contribution is 5.27. The van der Waals surface area contributed by atoms with Crippen molar-refractivity contribution in [2.45, 2.75) is 12.6 Å². The van der Waals surface area contributed by atoms with Crippen LogP contribution in [0.3, 0.4) is 0 Å². The summed E-state index contributed by atoms with van der Waals surface area (Å²) in [5.74, 6) is -2.42. The van der Waals surface area contributed by atoms with E-state index in [1.54, 1.807) is 0 Å². The van der Waals surface area contributed by atoms with E-state index in [0.29, 0.717) is 0 Å². The van der Waals surface area contributed by atoms with E-state index in [0.717, 1.165) is 0 Å². The van der Waals surface area contributed by atoms with Crippen LogP contribution < -0.4 is 0 Å². The molecule has 0 aromatic carbocycles. The molecule has 8 heteroatoms. The maximum absolute atomic E-state index is 13.1. The Bertz CT molecular complexity index is 494. The molecular formula is C8H2F4N4. The van der Waals surface area contributed by atoms with Gasteiger partial charge in [0.05, 0.1) is 18.1 Å². The van der Waals surface area contributed by atoms with Gasteiger partial charge in [0.1, 0.15) is 6.07 Å². The lowest BCUT2D eigenvalue weighted by molar-refractivity contribution is -0.142. The molecule has 82 valence electrons. The van der Waals surface area contributed by atoms with Gasteiger partial charge >= 0.3 is 6.18 Å². The third-order valence-corrected chi connectivity index (χ3v) is 1.58. The van der Waals surface area contributed by atoms with Crippen molar-refractivity contribution < 1.29 is 17.6 Å². The summed E-state index contributed by atoms with van der Waals surface area (Å²) in [6.07, 6.45) is -5.74. The van der Waals surface area contributed by atoms with Crippen LogP contribution in [0.15, 0.2) is 0 Å². The van der Waals surface area contributed by atoms with E-state index in [1.165, 1.54) is 12.1 Å². The van der Waals surface area contributed by atoms with Crippen LogP contribution in [0.25, 0.3) is 0 Å². The molecule has 0 atom stereocenters. The number of hydrogen-bond acceptors (Lipinski definition) is 4. The number of rotatable bonds is 1. The third-order valence-electron chi connectivity index (χ3n) is 1.58. The molecule has 0 saturated heterocycles. The van der Waals surface area contributed by atoms with Crippen molar-refractivity contribution in [2.75, 3.05) is 0 Å². The van der Waals surface area contributed by atoms with Crippen molar-refractivity contribution >= 4 is 0 Å². The first-order valence-electron chi connectivity index (χ1n) is 3.80. The van der Waals surface area contributed by atoms with Crippen LogP contribution in [-0.4, -0.2) is 9.97 Å². The van der Waals surface area contributed by atoms with Crippen molar-refractivity contribution in [3.05, 3.63) is 23.0 Å². The Labute approximate surface area is 86.8 Å². The van der Waals surface area contributed by atoms with Gasteiger partial charge in [-0.15, -0.1) is 0 Å². The smallest absolute Gasteiger partial charge is 0.214 e. The van der Waals surface area contributed by atoms with Gasteiger partial charge in [-0.1, -0.05) is 0 Å². The summed E-state index contributed by atoms with van der Waals surface area (Å²) < 4.78 is 50.2. The molecule has 0 bridgehead atoms. The summed E-state index contributed by atoms with van der Waals surface area (Å²) >= 11 is 0. The Morgan fingerprint density at radius 1 is 1.19 bits per heavy atom. The van der Waals surface area contributed by atoms with Crippen LogP contribution in [0.4, 0.5) is 17.6 Å². The van der Waals surface area contributed by atoms with E-state index in [1.807, 2.05) is 0 Å². The third kappa shape index (κ3) is 2.23. The molecule has 1 aromatic rings. The van der Waals surface area contributed by atoms with Gasteiger partial charge in [-0.2, -0.15) is 33.1 Å². The molecular weight excluding hydrogens is 228 g/mol. The molecule has 1 aromatic heterocycles. The average Bonchev–Trinajstić information content (AvgIpc) is 2.19. The molecule has 0 fully saturated rings. The Balaban J connectivity index is 3.49. The number of alkyl halides is 3. The second-order valence-electron chi connectivity index (χ2n) is 2.61. The van der Waals surface area contributed by atoms with Crippen LogP contribution in [0, 0.1) is 28.6 Å². The van der Waals surface area contributed by atoms with E-state index in [9.17, 15) is 17.6 Å². The minimum Gasteiger partial charge on any atom is -0.214 e. The number of nitrogens with zero attached hydrogens (tertiary/aromatic N) is 4. The van der Waals surface area contributed by atoms with E-state index in [4.69, 9.17) is 10.5 Å². The summed E-state index contributed by atoms with van der Waals surface area (Å²) in [4.78, 5) is 5.75. The van der Waals surface area contributed by atoms with Gasteiger partial charge in [-0.3, -0.25) is 0 Å². The number of hydrogen-bond donors (Lipinski definition) is 0. The number of aromatic nitrogens is 2. The molecule has 0 radical (unpaired) electrons. The minimum atomic E-state index is -4.93. The lowest BCUT2D eigenvalue weighted by atomic mass is 10.1. The van der Waals surface area contributed by atoms with Crippen molar-refractivity contribution in [3.8, 4) is 12.1 Å². The standard InChI is InChI=1S/C8H2F4N4/c9-7-4(1-2-13)6(8(10,11)12)15-5(3-14)16-7/h1H2. The zero-order chi connectivity index (χ0) is 12.3. The first-order valence-corrected chi connectivity index (χ1v) is 3.80. The van der Waals surface area contributed by atoms with Crippen LogP contribution in [-0.2, 0) is 12.6 Å². The molecule has 0 N–H and O–H groups in total. The van der Waals surface area contributed by atoms with E-state index < -0.39 is 35.6 Å². The number of nitriles is 2. The second-order valence-corrected chi connectivity index (χ2v) is 2.61. The minimum absolute atomic E-state index is 0.813. The molecule has 0 aliphatic carbocycles. The van der Waals surface area contributed by atoms with Crippen molar-refractivity contribution in [1.82, 2.24) is 9.97 Å². The Kier molecular flexibility index (Phi) is 3.04. The van der Waals surface area contributed by atoms with Crippen LogP contribution in [0.2, 0.25) is 0 Å². The Morgan fingerprint density at radius 2 is 1.81 bits per heavy atom. The molecule has 0 spiro atoms. The topological polar surface area (TPSA) is 73.4 Å². The molecule has 1 rings (SSSR count). The SMILES string of the molecule is N#CCc1c(F)nc(C#N)nc1C(F)(F)F. The summed E-state index contributed by atoms with van der Waals surface area (Å²) in [5, 5.41) is 16.6. The van der Waals surface area contributed by atoms with Crippen molar-refractivity contribution in [1.29, 1.82) is 10.5 Å². The van der Waals surface area contributed by atoms with Crippen molar-refractivity contribution in [3.63, 3.8) is 0 Å². The fourth-order valence-corrected chi connectivity index (χ4v) is 0.977. The van der Waals surface area contributed by atoms with Gasteiger partial charge in [-0.05, 0) is 0 Å². The van der Waals surface area contributed by atoms with Gasteiger partial charge < -0.3 is 0 Å². The van der Waals surface area contributed by atoms with Gasteiger partial charge in [0, 0.05) is 0 Å². The van der Waals surface area contributed by atoms with Crippen LogP contribution >= 0.6 is 0 Å². The van der Waals surface area contributed by atoms with E-state index >= 15 is 0 Å². The number of halogens is 4.